The molecule has 3 aromatic rings. The minimum atomic E-state index is -0.00566. The summed E-state index contributed by atoms with van der Waals surface area (Å²) in [5.41, 5.74) is 5.67. The number of nitrogens with zero attached hydrogens (tertiary/aromatic N) is 5. The maximum Gasteiger partial charge on any atom is 0.317 e. The predicted molar refractivity (Wildman–Crippen MR) is 120 cm³/mol. The van der Waals surface area contributed by atoms with E-state index in [-0.39, 0.29) is 6.03 Å². The molecule has 7 nitrogen and oxygen atoms in total. The van der Waals surface area contributed by atoms with E-state index in [0.717, 1.165) is 42.4 Å². The first-order valence-electron chi connectivity index (χ1n) is 11.2. The van der Waals surface area contributed by atoms with Gasteiger partial charge in [0.1, 0.15) is 5.69 Å². The quantitative estimate of drug-likeness (QED) is 0.668. The molecular formula is C24H30N6O. The zero-order valence-electron chi connectivity index (χ0n) is 18.3. The Morgan fingerprint density at radius 2 is 2.03 bits per heavy atom. The molecule has 0 bridgehead atoms. The molecule has 162 valence electrons. The van der Waals surface area contributed by atoms with Crippen molar-refractivity contribution < 1.29 is 4.79 Å². The van der Waals surface area contributed by atoms with E-state index in [9.17, 15) is 4.79 Å². The van der Waals surface area contributed by atoms with Gasteiger partial charge < -0.3 is 14.8 Å². The number of nitrogens with one attached hydrogen (secondary N) is 1. The van der Waals surface area contributed by atoms with Crippen LogP contribution in [0.2, 0.25) is 0 Å². The highest BCUT2D eigenvalue weighted by molar-refractivity contribution is 5.75. The Morgan fingerprint density at radius 3 is 2.81 bits per heavy atom. The molecule has 1 fully saturated rings. The largest absolute Gasteiger partial charge is 0.338 e. The zero-order chi connectivity index (χ0) is 21.4. The lowest BCUT2D eigenvalue weighted by Crippen LogP contribution is -2.43. The van der Waals surface area contributed by atoms with E-state index >= 15 is 0 Å². The standard InChI is InChI=1S/C24H30N6O/c1-17-14-26-23(30(17)15-19-8-9-19)22-20-16-29(13-11-21(20)28(2)27-22)24(31)25-12-10-18-6-4-3-5-7-18/h3-7,14,19H,8-13,15-16H2,1-2H3,(H,25,31). The van der Waals surface area contributed by atoms with Gasteiger partial charge in [-0.3, -0.25) is 4.68 Å². The van der Waals surface area contributed by atoms with Gasteiger partial charge in [0.25, 0.3) is 0 Å². The Morgan fingerprint density at radius 1 is 1.23 bits per heavy atom. The average Bonchev–Trinajstić information content (AvgIpc) is 3.46. The minimum Gasteiger partial charge on any atom is -0.338 e. The number of aryl methyl sites for hydroxylation is 2. The predicted octanol–water partition coefficient (Wildman–Crippen LogP) is 3.31. The van der Waals surface area contributed by atoms with Crippen LogP contribution in [0.3, 0.4) is 0 Å². The number of hydrogen-bond acceptors (Lipinski definition) is 3. The van der Waals surface area contributed by atoms with Crippen molar-refractivity contribution in [2.45, 2.75) is 45.7 Å². The fraction of sp³-hybridized carbons (Fsp3) is 0.458. The van der Waals surface area contributed by atoms with Crippen molar-refractivity contribution in [1.29, 1.82) is 0 Å². The number of carbonyl (C=O) groups is 1. The van der Waals surface area contributed by atoms with Crippen LogP contribution in [0.15, 0.2) is 36.5 Å². The smallest absolute Gasteiger partial charge is 0.317 e. The topological polar surface area (TPSA) is 68.0 Å². The second kappa shape index (κ2) is 8.21. The maximum absolute atomic E-state index is 12.8. The number of benzene rings is 1. The maximum atomic E-state index is 12.8. The molecule has 0 radical (unpaired) electrons. The number of aromatic nitrogens is 4. The molecule has 7 heteroatoms. The van der Waals surface area contributed by atoms with Gasteiger partial charge in [-0.05, 0) is 37.7 Å². The van der Waals surface area contributed by atoms with Gasteiger partial charge in [-0.15, -0.1) is 0 Å². The molecule has 2 aromatic heterocycles. The lowest BCUT2D eigenvalue weighted by Gasteiger charge is -2.28. The first kappa shape index (κ1) is 19.8. The number of imidazole rings is 1. The molecule has 1 aromatic carbocycles. The molecule has 5 rings (SSSR count). The molecule has 0 unspecified atom stereocenters. The first-order chi connectivity index (χ1) is 15.1. The number of carbonyl (C=O) groups excluding carboxylic acids is 1. The lowest BCUT2D eigenvalue weighted by atomic mass is 10.0. The molecule has 0 atom stereocenters. The molecule has 0 spiro atoms. The highest BCUT2D eigenvalue weighted by Gasteiger charge is 2.30. The average molecular weight is 419 g/mol. The normalized spacial score (nSPS) is 15.7. The summed E-state index contributed by atoms with van der Waals surface area (Å²) < 4.78 is 4.28. The van der Waals surface area contributed by atoms with Crippen LogP contribution < -0.4 is 5.32 Å². The van der Waals surface area contributed by atoms with Gasteiger partial charge >= 0.3 is 6.03 Å². The van der Waals surface area contributed by atoms with Crippen molar-refractivity contribution in [1.82, 2.24) is 29.5 Å². The van der Waals surface area contributed by atoms with E-state index in [4.69, 9.17) is 10.1 Å². The number of hydrogen-bond donors (Lipinski definition) is 1. The third-order valence-electron chi connectivity index (χ3n) is 6.47. The molecule has 2 aliphatic rings. The van der Waals surface area contributed by atoms with Crippen LogP contribution in [0.5, 0.6) is 0 Å². The van der Waals surface area contributed by atoms with Gasteiger partial charge in [0.2, 0.25) is 0 Å². The van der Waals surface area contributed by atoms with Crippen LogP contribution in [0.25, 0.3) is 11.5 Å². The van der Waals surface area contributed by atoms with Crippen molar-refractivity contribution in [3.8, 4) is 11.5 Å². The van der Waals surface area contributed by atoms with Gasteiger partial charge in [0.05, 0.1) is 6.54 Å². The zero-order valence-corrected chi connectivity index (χ0v) is 18.3. The van der Waals surface area contributed by atoms with Crippen molar-refractivity contribution in [3.05, 3.63) is 59.0 Å². The van der Waals surface area contributed by atoms with E-state index in [1.165, 1.54) is 29.8 Å². The molecule has 1 aliphatic carbocycles. The molecule has 1 aliphatic heterocycles. The van der Waals surface area contributed by atoms with Crippen LogP contribution >= 0.6 is 0 Å². The van der Waals surface area contributed by atoms with E-state index in [0.29, 0.717) is 19.6 Å². The van der Waals surface area contributed by atoms with Gasteiger partial charge in [0, 0.05) is 56.3 Å². The number of amides is 2. The fourth-order valence-corrected chi connectivity index (χ4v) is 4.45. The van der Waals surface area contributed by atoms with E-state index in [1.807, 2.05) is 41.0 Å². The van der Waals surface area contributed by atoms with Crippen LogP contribution in [-0.4, -0.2) is 43.4 Å². The Hall–Kier alpha value is -3.09. The third-order valence-corrected chi connectivity index (χ3v) is 6.47. The molecule has 1 saturated carbocycles. The monoisotopic (exact) mass is 418 g/mol. The molecule has 2 amide bonds. The van der Waals surface area contributed by atoms with Crippen LogP contribution in [-0.2, 0) is 33.0 Å². The second-order valence-corrected chi connectivity index (χ2v) is 8.81. The van der Waals surface area contributed by atoms with Crippen LogP contribution in [0.1, 0.15) is 35.4 Å². The van der Waals surface area contributed by atoms with Gasteiger partial charge in [-0.1, -0.05) is 30.3 Å². The molecule has 3 heterocycles. The fourth-order valence-electron chi connectivity index (χ4n) is 4.45. The summed E-state index contributed by atoms with van der Waals surface area (Å²) in [6.45, 7) is 5.04. The summed E-state index contributed by atoms with van der Waals surface area (Å²) in [7, 11) is 2.00. The Kier molecular flexibility index (Phi) is 5.26. The summed E-state index contributed by atoms with van der Waals surface area (Å²) in [4.78, 5) is 19.5. The SMILES string of the molecule is Cc1cnc(-c2nn(C)c3c2CN(C(=O)NCCc2ccccc2)CC3)n1CC1CC1. The molecule has 31 heavy (non-hydrogen) atoms. The van der Waals surface area contributed by atoms with E-state index < -0.39 is 0 Å². The summed E-state index contributed by atoms with van der Waals surface area (Å²) in [5.74, 6) is 1.70. The molecular weight excluding hydrogens is 388 g/mol. The lowest BCUT2D eigenvalue weighted by molar-refractivity contribution is 0.192. The Bertz CT molecular complexity index is 1080. The summed E-state index contributed by atoms with van der Waals surface area (Å²) in [6, 6.07) is 10.2. The summed E-state index contributed by atoms with van der Waals surface area (Å²) in [6.07, 6.45) is 6.19. The van der Waals surface area contributed by atoms with Crippen molar-refractivity contribution in [3.63, 3.8) is 0 Å². The number of rotatable bonds is 6. The Labute approximate surface area is 183 Å². The van der Waals surface area contributed by atoms with Gasteiger partial charge in [-0.2, -0.15) is 5.10 Å². The number of urea groups is 1. The van der Waals surface area contributed by atoms with Gasteiger partial charge in [0.15, 0.2) is 5.82 Å². The van der Waals surface area contributed by atoms with E-state index in [2.05, 4.69) is 28.9 Å². The first-order valence-corrected chi connectivity index (χ1v) is 11.2. The molecule has 1 N–H and O–H groups in total. The van der Waals surface area contributed by atoms with Crippen LogP contribution in [0.4, 0.5) is 4.79 Å². The molecule has 0 saturated heterocycles. The highest BCUT2D eigenvalue weighted by atomic mass is 16.2. The van der Waals surface area contributed by atoms with E-state index in [1.54, 1.807) is 0 Å². The van der Waals surface area contributed by atoms with Gasteiger partial charge in [-0.25, -0.2) is 9.78 Å². The number of fused-ring (bicyclic) bond motifs is 1. The summed E-state index contributed by atoms with van der Waals surface area (Å²) in [5, 5.41) is 7.92. The highest BCUT2D eigenvalue weighted by Crippen LogP contribution is 2.34. The Balaban J connectivity index is 1.31. The summed E-state index contributed by atoms with van der Waals surface area (Å²) >= 11 is 0. The van der Waals surface area contributed by atoms with Crippen LogP contribution in [0, 0.1) is 12.8 Å². The minimum absolute atomic E-state index is 0.00566. The van der Waals surface area contributed by atoms with Crippen molar-refractivity contribution in [2.24, 2.45) is 13.0 Å². The van der Waals surface area contributed by atoms with Crippen molar-refractivity contribution in [2.75, 3.05) is 13.1 Å². The van der Waals surface area contributed by atoms with Crippen molar-refractivity contribution >= 4 is 6.03 Å². The second-order valence-electron chi connectivity index (χ2n) is 8.81. The third kappa shape index (κ3) is 4.09.